The third kappa shape index (κ3) is 2.00. The summed E-state index contributed by atoms with van der Waals surface area (Å²) in [5.74, 6) is -5.97. The van der Waals surface area contributed by atoms with E-state index in [1.54, 1.807) is 0 Å². The molecular weight excluding hydrogens is 239 g/mol. The Kier molecular flexibility index (Phi) is 2.83. The highest BCUT2D eigenvalue weighted by atomic mass is 19.2. The number of rotatable bonds is 1. The molecule has 0 aliphatic heterocycles. The Morgan fingerprint density at radius 2 is 1.29 bits per heavy atom. The highest BCUT2D eigenvalue weighted by molar-refractivity contribution is 5.65. The van der Waals surface area contributed by atoms with Gasteiger partial charge in [-0.05, 0) is 24.3 Å². The predicted octanol–water partition coefficient (Wildman–Crippen LogP) is 4.05. The van der Waals surface area contributed by atoms with Crippen LogP contribution in [-0.2, 0) is 0 Å². The fourth-order valence-corrected chi connectivity index (χ4v) is 1.47. The summed E-state index contributed by atoms with van der Waals surface area (Å²) >= 11 is 0. The average Bonchev–Trinajstić information content (AvgIpc) is 2.27. The lowest BCUT2D eigenvalue weighted by Crippen LogP contribution is -1.96. The molecule has 0 radical (unpaired) electrons. The molecule has 2 aromatic rings. The summed E-state index contributed by atoms with van der Waals surface area (Å²) in [5.41, 5.74) is -1.37. The molecule has 0 saturated carbocycles. The maximum atomic E-state index is 13.4. The van der Waals surface area contributed by atoms with Crippen LogP contribution >= 0.6 is 0 Å². The van der Waals surface area contributed by atoms with Gasteiger partial charge in [-0.1, -0.05) is 0 Å². The van der Waals surface area contributed by atoms with E-state index in [2.05, 4.69) is 0 Å². The van der Waals surface area contributed by atoms with Gasteiger partial charge in [0, 0.05) is 11.6 Å². The quantitative estimate of drug-likeness (QED) is 0.524. The molecule has 0 bridgehead atoms. The summed E-state index contributed by atoms with van der Waals surface area (Å²) in [6.45, 7) is 0. The molecule has 0 heterocycles. The second-order valence-corrected chi connectivity index (χ2v) is 3.34. The minimum absolute atomic E-state index is 0.471. The van der Waals surface area contributed by atoms with E-state index in [4.69, 9.17) is 0 Å². The molecule has 0 spiro atoms. The molecule has 0 aliphatic rings. The molecule has 0 saturated heterocycles. The van der Waals surface area contributed by atoms with Crippen molar-refractivity contribution in [3.05, 3.63) is 59.4 Å². The Labute approximate surface area is 93.3 Å². The molecule has 0 aliphatic carbocycles. The van der Waals surface area contributed by atoms with E-state index in [0.717, 1.165) is 12.1 Å². The first-order chi connectivity index (χ1) is 8.00. The SMILES string of the molecule is Fc1ccc(-c2c(F)ccc(F)c2F)c(F)c1. The zero-order valence-corrected chi connectivity index (χ0v) is 8.28. The van der Waals surface area contributed by atoms with Crippen molar-refractivity contribution in [2.24, 2.45) is 0 Å². The smallest absolute Gasteiger partial charge is 0.169 e. The minimum Gasteiger partial charge on any atom is -0.207 e. The zero-order chi connectivity index (χ0) is 12.6. The Bertz CT molecular complexity index is 577. The van der Waals surface area contributed by atoms with Crippen molar-refractivity contribution in [2.75, 3.05) is 0 Å². The van der Waals surface area contributed by atoms with Crippen molar-refractivity contribution in [1.82, 2.24) is 0 Å². The molecule has 0 unspecified atom stereocenters. The Morgan fingerprint density at radius 3 is 1.94 bits per heavy atom. The summed E-state index contributed by atoms with van der Waals surface area (Å²) in [5, 5.41) is 0. The number of hydrogen-bond donors (Lipinski definition) is 0. The van der Waals surface area contributed by atoms with Crippen LogP contribution in [0.25, 0.3) is 11.1 Å². The Balaban J connectivity index is 2.72. The van der Waals surface area contributed by atoms with Crippen molar-refractivity contribution in [3.63, 3.8) is 0 Å². The molecule has 5 heteroatoms. The fraction of sp³-hybridized carbons (Fsp3) is 0. The second kappa shape index (κ2) is 4.16. The molecule has 2 rings (SSSR count). The van der Waals surface area contributed by atoms with Gasteiger partial charge in [0.2, 0.25) is 0 Å². The van der Waals surface area contributed by atoms with Crippen LogP contribution in [0.1, 0.15) is 0 Å². The van der Waals surface area contributed by atoms with Crippen molar-refractivity contribution >= 4 is 0 Å². The van der Waals surface area contributed by atoms with Gasteiger partial charge in [-0.2, -0.15) is 0 Å². The Morgan fingerprint density at radius 1 is 0.647 bits per heavy atom. The largest absolute Gasteiger partial charge is 0.207 e. The molecule has 0 atom stereocenters. The van der Waals surface area contributed by atoms with E-state index in [-0.39, 0.29) is 0 Å². The second-order valence-electron chi connectivity index (χ2n) is 3.34. The van der Waals surface area contributed by atoms with Crippen molar-refractivity contribution in [3.8, 4) is 11.1 Å². The fourth-order valence-electron chi connectivity index (χ4n) is 1.47. The maximum absolute atomic E-state index is 13.4. The van der Waals surface area contributed by atoms with E-state index >= 15 is 0 Å². The first-order valence-electron chi connectivity index (χ1n) is 4.59. The van der Waals surface area contributed by atoms with Gasteiger partial charge in [-0.15, -0.1) is 0 Å². The normalized spacial score (nSPS) is 10.6. The summed E-state index contributed by atoms with van der Waals surface area (Å²) < 4.78 is 65.6. The molecule has 0 amide bonds. The van der Waals surface area contributed by atoms with Crippen molar-refractivity contribution in [2.45, 2.75) is 0 Å². The first-order valence-corrected chi connectivity index (χ1v) is 4.59. The summed E-state index contributed by atoms with van der Waals surface area (Å²) in [6.07, 6.45) is 0. The van der Waals surface area contributed by atoms with E-state index in [0.29, 0.717) is 18.2 Å². The first kappa shape index (κ1) is 11.6. The van der Waals surface area contributed by atoms with Gasteiger partial charge in [0.1, 0.15) is 17.5 Å². The van der Waals surface area contributed by atoms with E-state index in [9.17, 15) is 22.0 Å². The predicted molar refractivity (Wildman–Crippen MR) is 51.7 cm³/mol. The van der Waals surface area contributed by atoms with Crippen LogP contribution in [0.2, 0.25) is 0 Å². The molecular formula is C12H5F5. The van der Waals surface area contributed by atoms with Gasteiger partial charge in [0.05, 0.1) is 5.56 Å². The summed E-state index contributed by atoms with van der Waals surface area (Å²) in [4.78, 5) is 0. The van der Waals surface area contributed by atoms with E-state index in [1.807, 2.05) is 0 Å². The van der Waals surface area contributed by atoms with Crippen LogP contribution in [0, 0.1) is 29.1 Å². The lowest BCUT2D eigenvalue weighted by Gasteiger charge is -2.07. The molecule has 0 N–H and O–H groups in total. The molecule has 0 nitrogen and oxygen atoms in total. The van der Waals surface area contributed by atoms with Crippen LogP contribution < -0.4 is 0 Å². The Hall–Kier alpha value is -1.91. The highest BCUT2D eigenvalue weighted by Gasteiger charge is 2.18. The number of benzene rings is 2. The van der Waals surface area contributed by atoms with E-state index < -0.39 is 40.2 Å². The number of hydrogen-bond acceptors (Lipinski definition) is 0. The van der Waals surface area contributed by atoms with Crippen molar-refractivity contribution in [1.29, 1.82) is 0 Å². The third-order valence-electron chi connectivity index (χ3n) is 2.24. The van der Waals surface area contributed by atoms with E-state index in [1.165, 1.54) is 0 Å². The topological polar surface area (TPSA) is 0 Å². The van der Waals surface area contributed by atoms with Crippen molar-refractivity contribution < 1.29 is 22.0 Å². The average molecular weight is 244 g/mol. The molecule has 0 aromatic heterocycles. The van der Waals surface area contributed by atoms with Gasteiger partial charge in [0.25, 0.3) is 0 Å². The summed E-state index contributed by atoms with van der Waals surface area (Å²) in [7, 11) is 0. The van der Waals surface area contributed by atoms with Crippen LogP contribution in [-0.4, -0.2) is 0 Å². The van der Waals surface area contributed by atoms with Gasteiger partial charge in [0.15, 0.2) is 11.6 Å². The van der Waals surface area contributed by atoms with Gasteiger partial charge in [-0.3, -0.25) is 0 Å². The molecule has 88 valence electrons. The maximum Gasteiger partial charge on any atom is 0.169 e. The van der Waals surface area contributed by atoms with Gasteiger partial charge < -0.3 is 0 Å². The summed E-state index contributed by atoms with van der Waals surface area (Å²) in [6, 6.07) is 3.43. The monoisotopic (exact) mass is 244 g/mol. The third-order valence-corrected chi connectivity index (χ3v) is 2.24. The van der Waals surface area contributed by atoms with Gasteiger partial charge in [-0.25, -0.2) is 22.0 Å². The molecule has 17 heavy (non-hydrogen) atoms. The van der Waals surface area contributed by atoms with Gasteiger partial charge >= 0.3 is 0 Å². The van der Waals surface area contributed by atoms with Crippen LogP contribution in [0.15, 0.2) is 30.3 Å². The van der Waals surface area contributed by atoms with Crippen LogP contribution in [0.3, 0.4) is 0 Å². The lowest BCUT2D eigenvalue weighted by atomic mass is 10.0. The van der Waals surface area contributed by atoms with Crippen LogP contribution in [0.4, 0.5) is 22.0 Å². The lowest BCUT2D eigenvalue weighted by molar-refractivity contribution is 0.497. The van der Waals surface area contributed by atoms with Crippen LogP contribution in [0.5, 0.6) is 0 Å². The highest BCUT2D eigenvalue weighted by Crippen LogP contribution is 2.29. The zero-order valence-electron chi connectivity index (χ0n) is 8.28. The number of halogens is 5. The standard InChI is InChI=1S/C12H5F5/c13-6-1-2-7(10(16)5-6)11-8(14)3-4-9(15)12(11)17/h1-5H. The molecule has 0 fully saturated rings. The minimum atomic E-state index is -1.50. The molecule has 2 aromatic carbocycles.